The molecule has 0 aliphatic heterocycles. The molecule has 0 atom stereocenters. The highest BCUT2D eigenvalue weighted by molar-refractivity contribution is 6.00. The summed E-state index contributed by atoms with van der Waals surface area (Å²) in [6.07, 6.45) is 18.1. The molecule has 7 heteroatoms. The lowest BCUT2D eigenvalue weighted by Gasteiger charge is -2.01. The van der Waals surface area contributed by atoms with Crippen LogP contribution in [0.1, 0.15) is 12.0 Å². The van der Waals surface area contributed by atoms with Crippen molar-refractivity contribution in [2.45, 2.75) is 6.42 Å². The maximum atomic E-state index is 4.50. The minimum atomic E-state index is 0.666. The van der Waals surface area contributed by atoms with Crippen LogP contribution < -0.4 is 0 Å². The zero-order valence-electron chi connectivity index (χ0n) is 15.3. The first-order valence-corrected chi connectivity index (χ1v) is 9.30. The van der Waals surface area contributed by atoms with Gasteiger partial charge in [-0.25, -0.2) is 15.0 Å². The lowest BCUT2D eigenvalue weighted by atomic mass is 10.0. The van der Waals surface area contributed by atoms with Crippen molar-refractivity contribution in [3.05, 3.63) is 73.2 Å². The molecule has 5 aromatic heterocycles. The average molecular weight is 377 g/mol. The van der Waals surface area contributed by atoms with E-state index < -0.39 is 0 Å². The number of fused-ring (bicyclic) bond motifs is 2. The number of aromatic nitrogens is 7. The third-order valence-electron chi connectivity index (χ3n) is 5.20. The lowest BCUT2D eigenvalue weighted by Crippen LogP contribution is -1.85. The third-order valence-corrected chi connectivity index (χ3v) is 5.20. The van der Waals surface area contributed by atoms with Gasteiger partial charge in [0.2, 0.25) is 0 Å². The van der Waals surface area contributed by atoms with Gasteiger partial charge in [0.05, 0.1) is 23.1 Å². The first-order valence-electron chi connectivity index (χ1n) is 9.30. The Balaban J connectivity index is 1.52. The molecule has 0 bridgehead atoms. The number of aromatic amines is 2. The zero-order chi connectivity index (χ0) is 19.2. The van der Waals surface area contributed by atoms with E-state index in [-0.39, 0.29) is 0 Å². The molecular weight excluding hydrogens is 362 g/mol. The molecular formula is C22H15N7. The van der Waals surface area contributed by atoms with Crippen LogP contribution in [0.2, 0.25) is 0 Å². The zero-order valence-corrected chi connectivity index (χ0v) is 15.3. The van der Waals surface area contributed by atoms with Crippen LogP contribution in [0.3, 0.4) is 0 Å². The van der Waals surface area contributed by atoms with Crippen molar-refractivity contribution >= 4 is 27.5 Å². The molecule has 1 aliphatic rings. The predicted molar refractivity (Wildman–Crippen MR) is 112 cm³/mol. The molecule has 1 aliphatic carbocycles. The van der Waals surface area contributed by atoms with Crippen LogP contribution in [0, 0.1) is 0 Å². The highest BCUT2D eigenvalue weighted by Gasteiger charge is 2.15. The molecule has 2 N–H and O–H groups in total. The fourth-order valence-corrected chi connectivity index (χ4v) is 3.78. The minimum Gasteiger partial charge on any atom is -0.352 e. The summed E-state index contributed by atoms with van der Waals surface area (Å²) in [5.41, 5.74) is 7.68. The Kier molecular flexibility index (Phi) is 3.40. The number of nitrogens with zero attached hydrogens (tertiary/aromatic N) is 5. The van der Waals surface area contributed by atoms with Gasteiger partial charge in [-0.15, -0.1) is 0 Å². The number of rotatable bonds is 3. The molecule has 6 rings (SSSR count). The van der Waals surface area contributed by atoms with Gasteiger partial charge in [0.1, 0.15) is 6.33 Å². The normalized spacial score (nSPS) is 13.4. The summed E-state index contributed by atoms with van der Waals surface area (Å²) in [4.78, 5) is 20.6. The van der Waals surface area contributed by atoms with Gasteiger partial charge in [-0.1, -0.05) is 18.2 Å². The fraction of sp³-hybridized carbons (Fsp3) is 0.0455. The molecule has 0 radical (unpaired) electrons. The van der Waals surface area contributed by atoms with Crippen molar-refractivity contribution in [1.82, 2.24) is 35.1 Å². The van der Waals surface area contributed by atoms with Gasteiger partial charge >= 0.3 is 0 Å². The summed E-state index contributed by atoms with van der Waals surface area (Å²) in [6, 6.07) is 4.21. The van der Waals surface area contributed by atoms with E-state index in [1.165, 1.54) is 11.9 Å². The quantitative estimate of drug-likeness (QED) is 0.489. The number of pyridine rings is 2. The molecule has 0 aromatic carbocycles. The Bertz CT molecular complexity index is 1420. The molecule has 0 saturated heterocycles. The molecule has 5 heterocycles. The van der Waals surface area contributed by atoms with Gasteiger partial charge in [-0.05, 0) is 24.1 Å². The van der Waals surface area contributed by atoms with Gasteiger partial charge in [0.25, 0.3) is 0 Å². The summed E-state index contributed by atoms with van der Waals surface area (Å²) in [7, 11) is 0. The predicted octanol–water partition coefficient (Wildman–Crippen LogP) is 4.30. The number of allylic oxidation sites excluding steroid dienone is 4. The van der Waals surface area contributed by atoms with E-state index >= 15 is 0 Å². The molecule has 0 fully saturated rings. The number of nitrogens with one attached hydrogen (secondary N) is 2. The van der Waals surface area contributed by atoms with Crippen LogP contribution in [-0.4, -0.2) is 35.1 Å². The molecule has 7 nitrogen and oxygen atoms in total. The monoisotopic (exact) mass is 377 g/mol. The number of hydrogen-bond donors (Lipinski definition) is 2. The van der Waals surface area contributed by atoms with Crippen LogP contribution in [0.25, 0.3) is 50.0 Å². The van der Waals surface area contributed by atoms with Crippen molar-refractivity contribution in [2.24, 2.45) is 0 Å². The van der Waals surface area contributed by atoms with Gasteiger partial charge in [0.15, 0.2) is 5.65 Å². The SMILES string of the molecule is C1=CC(c2cncc3[nH]c(-c4[nH]nc5ncc(-c6cncnc6)cc45)cc23)=CC1. The summed E-state index contributed by atoms with van der Waals surface area (Å²) < 4.78 is 0. The molecule has 5 aromatic rings. The van der Waals surface area contributed by atoms with E-state index in [0.29, 0.717) is 5.65 Å². The fourth-order valence-electron chi connectivity index (χ4n) is 3.78. The largest absolute Gasteiger partial charge is 0.352 e. The van der Waals surface area contributed by atoms with Crippen LogP contribution in [0.15, 0.2) is 67.7 Å². The van der Waals surface area contributed by atoms with Crippen molar-refractivity contribution in [2.75, 3.05) is 0 Å². The van der Waals surface area contributed by atoms with E-state index in [2.05, 4.69) is 65.5 Å². The van der Waals surface area contributed by atoms with Crippen molar-refractivity contribution in [3.63, 3.8) is 0 Å². The Morgan fingerprint density at radius 3 is 2.66 bits per heavy atom. The van der Waals surface area contributed by atoms with Gasteiger partial charge in [0, 0.05) is 52.3 Å². The summed E-state index contributed by atoms with van der Waals surface area (Å²) in [5.74, 6) is 0. The highest BCUT2D eigenvalue weighted by atomic mass is 15.2. The number of H-pyrrole nitrogens is 2. The first kappa shape index (κ1) is 15.9. The van der Waals surface area contributed by atoms with Crippen molar-refractivity contribution < 1.29 is 0 Å². The summed E-state index contributed by atoms with van der Waals surface area (Å²) >= 11 is 0. The highest BCUT2D eigenvalue weighted by Crippen LogP contribution is 2.33. The van der Waals surface area contributed by atoms with Crippen LogP contribution >= 0.6 is 0 Å². The molecule has 0 saturated carbocycles. The second kappa shape index (κ2) is 6.20. The van der Waals surface area contributed by atoms with Crippen LogP contribution in [0.5, 0.6) is 0 Å². The van der Waals surface area contributed by atoms with E-state index in [9.17, 15) is 0 Å². The standard InChI is InChI=1S/C22H15N7/c1-2-4-13(3-1)18-10-23-11-20-16(18)6-19(27-20)21-17-5-14(9-26-22(17)29-28-21)15-7-24-12-25-8-15/h1,3-12,27H,2H2,(H,26,28,29). The van der Waals surface area contributed by atoms with E-state index in [1.54, 1.807) is 18.6 Å². The minimum absolute atomic E-state index is 0.666. The van der Waals surface area contributed by atoms with E-state index in [1.807, 2.05) is 12.4 Å². The molecule has 138 valence electrons. The molecule has 0 unspecified atom stereocenters. The van der Waals surface area contributed by atoms with E-state index in [0.717, 1.165) is 50.8 Å². The Hall–Kier alpha value is -4.13. The summed E-state index contributed by atoms with van der Waals surface area (Å²) in [6.45, 7) is 0. The molecule has 0 amide bonds. The average Bonchev–Trinajstić information content (AvgIpc) is 3.52. The second-order valence-electron chi connectivity index (χ2n) is 6.95. The number of hydrogen-bond acceptors (Lipinski definition) is 5. The molecule has 0 spiro atoms. The van der Waals surface area contributed by atoms with Crippen LogP contribution in [-0.2, 0) is 0 Å². The van der Waals surface area contributed by atoms with Crippen molar-refractivity contribution in [1.29, 1.82) is 0 Å². The lowest BCUT2D eigenvalue weighted by molar-refractivity contribution is 1.10. The maximum absolute atomic E-state index is 4.50. The van der Waals surface area contributed by atoms with Crippen molar-refractivity contribution in [3.8, 4) is 22.5 Å². The van der Waals surface area contributed by atoms with Gasteiger partial charge in [-0.3, -0.25) is 10.1 Å². The summed E-state index contributed by atoms with van der Waals surface area (Å²) in [5, 5.41) is 9.58. The maximum Gasteiger partial charge on any atom is 0.181 e. The Morgan fingerprint density at radius 2 is 1.79 bits per heavy atom. The van der Waals surface area contributed by atoms with Gasteiger partial charge in [-0.2, -0.15) is 5.10 Å². The Morgan fingerprint density at radius 1 is 0.862 bits per heavy atom. The third kappa shape index (κ3) is 2.55. The van der Waals surface area contributed by atoms with Gasteiger partial charge < -0.3 is 4.98 Å². The topological polar surface area (TPSA) is 96.0 Å². The first-order chi connectivity index (χ1) is 14.4. The van der Waals surface area contributed by atoms with Crippen LogP contribution in [0.4, 0.5) is 0 Å². The van der Waals surface area contributed by atoms with E-state index in [4.69, 9.17) is 0 Å². The molecule has 29 heavy (non-hydrogen) atoms. The second-order valence-corrected chi connectivity index (χ2v) is 6.95. The smallest absolute Gasteiger partial charge is 0.181 e. The Labute approximate surface area is 165 Å².